The normalized spacial score (nSPS) is 10.6. The van der Waals surface area contributed by atoms with Gasteiger partial charge in [0, 0.05) is 5.75 Å². The van der Waals surface area contributed by atoms with E-state index in [1.165, 1.54) is 30.1 Å². The summed E-state index contributed by atoms with van der Waals surface area (Å²) in [5.41, 5.74) is 4.47. The highest BCUT2D eigenvalue weighted by Crippen LogP contribution is 2.16. The molecule has 130 valence electrons. The molecule has 2 aromatic rings. The fraction of sp³-hybridized carbons (Fsp3) is 0.167. The maximum atomic E-state index is 11.7. The number of nitrogens with one attached hydrogen (secondary N) is 1. The van der Waals surface area contributed by atoms with Gasteiger partial charge in [0.05, 0.1) is 24.6 Å². The molecule has 0 spiro atoms. The number of ether oxygens (including phenoxy) is 1. The van der Waals surface area contributed by atoms with Crippen molar-refractivity contribution < 1.29 is 19.4 Å². The molecule has 2 aromatic carbocycles. The molecule has 25 heavy (non-hydrogen) atoms. The molecule has 0 aliphatic rings. The number of aromatic carboxylic acids is 1. The van der Waals surface area contributed by atoms with Crippen molar-refractivity contribution >= 4 is 29.9 Å². The van der Waals surface area contributed by atoms with Crippen LogP contribution in [0.5, 0.6) is 5.75 Å². The Morgan fingerprint density at radius 3 is 2.44 bits per heavy atom. The van der Waals surface area contributed by atoms with E-state index in [0.717, 1.165) is 17.1 Å². The highest BCUT2D eigenvalue weighted by molar-refractivity contribution is 7.99. The molecule has 0 aliphatic carbocycles. The summed E-state index contributed by atoms with van der Waals surface area (Å²) in [6.45, 7) is 0. The number of rotatable bonds is 8. The van der Waals surface area contributed by atoms with Crippen LogP contribution in [0.15, 0.2) is 53.6 Å². The predicted octanol–water partition coefficient (Wildman–Crippen LogP) is 2.78. The Labute approximate surface area is 149 Å². The van der Waals surface area contributed by atoms with Gasteiger partial charge in [-0.3, -0.25) is 4.79 Å². The van der Waals surface area contributed by atoms with Crippen LogP contribution in [0.4, 0.5) is 0 Å². The Morgan fingerprint density at radius 1 is 1.16 bits per heavy atom. The second-order valence-corrected chi connectivity index (χ2v) is 6.05. The first-order chi connectivity index (χ1) is 12.1. The van der Waals surface area contributed by atoms with Gasteiger partial charge >= 0.3 is 5.97 Å². The second kappa shape index (κ2) is 9.48. The molecule has 0 radical (unpaired) electrons. The van der Waals surface area contributed by atoms with Gasteiger partial charge in [-0.25, -0.2) is 10.2 Å². The summed E-state index contributed by atoms with van der Waals surface area (Å²) in [5, 5.41) is 12.7. The molecule has 0 saturated heterocycles. The quantitative estimate of drug-likeness (QED) is 0.560. The molecule has 0 aliphatic heterocycles. The van der Waals surface area contributed by atoms with Crippen molar-refractivity contribution in [2.24, 2.45) is 5.10 Å². The average Bonchev–Trinajstić information content (AvgIpc) is 2.63. The van der Waals surface area contributed by atoms with Crippen LogP contribution in [0.3, 0.4) is 0 Å². The van der Waals surface area contributed by atoms with Gasteiger partial charge in [0.15, 0.2) is 0 Å². The van der Waals surface area contributed by atoms with Crippen molar-refractivity contribution in [3.63, 3.8) is 0 Å². The molecule has 0 bridgehead atoms. The van der Waals surface area contributed by atoms with Crippen molar-refractivity contribution in [1.82, 2.24) is 5.43 Å². The van der Waals surface area contributed by atoms with Crippen LogP contribution in [-0.2, 0) is 10.5 Å². The summed E-state index contributed by atoms with van der Waals surface area (Å²) in [4.78, 5) is 22.5. The maximum Gasteiger partial charge on any atom is 0.335 e. The summed E-state index contributed by atoms with van der Waals surface area (Å²) in [6, 6.07) is 13.9. The minimum atomic E-state index is -0.981. The Kier molecular flexibility index (Phi) is 7.03. The van der Waals surface area contributed by atoms with Gasteiger partial charge in [-0.2, -0.15) is 5.10 Å². The van der Waals surface area contributed by atoms with Crippen molar-refractivity contribution in [1.29, 1.82) is 0 Å². The minimum Gasteiger partial charge on any atom is -0.497 e. The van der Waals surface area contributed by atoms with E-state index in [1.54, 1.807) is 19.2 Å². The number of benzene rings is 2. The number of methoxy groups -OCH3 is 1. The Bertz CT molecular complexity index is 743. The zero-order valence-electron chi connectivity index (χ0n) is 13.6. The third kappa shape index (κ3) is 6.31. The number of carboxylic acid groups (broad SMARTS) is 1. The highest BCUT2D eigenvalue weighted by atomic mass is 32.2. The minimum absolute atomic E-state index is 0.197. The van der Waals surface area contributed by atoms with Gasteiger partial charge in [0.2, 0.25) is 5.91 Å². The smallest absolute Gasteiger partial charge is 0.335 e. The van der Waals surface area contributed by atoms with Crippen LogP contribution in [0.25, 0.3) is 0 Å². The first-order valence-corrected chi connectivity index (χ1v) is 8.60. The monoisotopic (exact) mass is 358 g/mol. The zero-order chi connectivity index (χ0) is 18.1. The van der Waals surface area contributed by atoms with E-state index in [-0.39, 0.29) is 11.5 Å². The number of nitrogens with zero attached hydrogens (tertiary/aromatic N) is 1. The lowest BCUT2D eigenvalue weighted by Crippen LogP contribution is -2.19. The van der Waals surface area contributed by atoms with Crippen LogP contribution in [-0.4, -0.2) is 36.1 Å². The summed E-state index contributed by atoms with van der Waals surface area (Å²) in [5.74, 6) is 0.638. The Balaban J connectivity index is 1.71. The molecule has 0 saturated carbocycles. The average molecular weight is 358 g/mol. The van der Waals surface area contributed by atoms with E-state index in [0.29, 0.717) is 11.3 Å². The molecule has 0 heterocycles. The van der Waals surface area contributed by atoms with Crippen LogP contribution in [0.1, 0.15) is 21.5 Å². The number of carbonyl (C=O) groups is 2. The molecule has 0 aromatic heterocycles. The molecule has 0 atom stereocenters. The summed E-state index contributed by atoms with van der Waals surface area (Å²) < 4.78 is 5.09. The number of hydrazone groups is 1. The largest absolute Gasteiger partial charge is 0.497 e. The van der Waals surface area contributed by atoms with Crippen LogP contribution >= 0.6 is 11.8 Å². The maximum absolute atomic E-state index is 11.7. The lowest BCUT2D eigenvalue weighted by molar-refractivity contribution is -0.118. The molecule has 2 rings (SSSR count). The molecular weight excluding hydrogens is 340 g/mol. The summed E-state index contributed by atoms with van der Waals surface area (Å²) in [6.07, 6.45) is 1.47. The van der Waals surface area contributed by atoms with Gasteiger partial charge in [0.25, 0.3) is 0 Å². The second-order valence-electron chi connectivity index (χ2n) is 5.06. The summed E-state index contributed by atoms with van der Waals surface area (Å²) >= 11 is 1.49. The SMILES string of the molecule is COc1ccc(CSCC(=O)N/N=C\c2ccc(C(=O)O)cc2)cc1. The van der Waals surface area contributed by atoms with Crippen molar-refractivity contribution in [2.45, 2.75) is 5.75 Å². The first-order valence-electron chi connectivity index (χ1n) is 7.44. The molecule has 2 N–H and O–H groups in total. The Morgan fingerprint density at radius 2 is 1.84 bits per heavy atom. The fourth-order valence-electron chi connectivity index (χ4n) is 1.91. The number of hydrogen-bond donors (Lipinski definition) is 2. The molecular formula is C18H18N2O4S. The number of carboxylic acids is 1. The van der Waals surface area contributed by atoms with Gasteiger partial charge in [-0.1, -0.05) is 24.3 Å². The molecule has 0 fully saturated rings. The molecule has 1 amide bonds. The van der Waals surface area contributed by atoms with Gasteiger partial charge in [0.1, 0.15) is 5.75 Å². The first kappa shape index (κ1) is 18.5. The van der Waals surface area contributed by atoms with Crippen molar-refractivity contribution in [3.8, 4) is 5.75 Å². The zero-order valence-corrected chi connectivity index (χ0v) is 14.5. The van der Waals surface area contributed by atoms with E-state index in [1.807, 2.05) is 24.3 Å². The fourth-order valence-corrected chi connectivity index (χ4v) is 2.69. The van der Waals surface area contributed by atoms with Gasteiger partial charge in [-0.05, 0) is 35.4 Å². The van der Waals surface area contributed by atoms with E-state index >= 15 is 0 Å². The van der Waals surface area contributed by atoms with Crippen molar-refractivity contribution in [2.75, 3.05) is 12.9 Å². The number of carbonyl (C=O) groups excluding carboxylic acids is 1. The standard InChI is InChI=1S/C18H18N2O4S/c1-24-16-8-4-14(5-9-16)11-25-12-17(21)20-19-10-13-2-6-15(7-3-13)18(22)23/h2-10H,11-12H2,1H3,(H,20,21)(H,22,23)/b19-10-. The van der Waals surface area contributed by atoms with E-state index in [2.05, 4.69) is 10.5 Å². The third-order valence-electron chi connectivity index (χ3n) is 3.22. The molecule has 6 nitrogen and oxygen atoms in total. The van der Waals surface area contributed by atoms with E-state index in [9.17, 15) is 9.59 Å². The number of amides is 1. The van der Waals surface area contributed by atoms with Crippen LogP contribution in [0.2, 0.25) is 0 Å². The van der Waals surface area contributed by atoms with E-state index in [4.69, 9.17) is 9.84 Å². The third-order valence-corrected chi connectivity index (χ3v) is 4.23. The molecule has 7 heteroatoms. The topological polar surface area (TPSA) is 88.0 Å². The van der Waals surface area contributed by atoms with Crippen molar-refractivity contribution in [3.05, 3.63) is 65.2 Å². The number of hydrogen-bond acceptors (Lipinski definition) is 5. The molecule has 0 unspecified atom stereocenters. The predicted molar refractivity (Wildman–Crippen MR) is 98.3 cm³/mol. The summed E-state index contributed by atoms with van der Waals surface area (Å²) in [7, 11) is 1.62. The van der Waals surface area contributed by atoms with Crippen LogP contribution < -0.4 is 10.2 Å². The van der Waals surface area contributed by atoms with Gasteiger partial charge < -0.3 is 9.84 Å². The van der Waals surface area contributed by atoms with E-state index < -0.39 is 5.97 Å². The van der Waals surface area contributed by atoms with Crippen LogP contribution in [0, 0.1) is 0 Å². The number of thioether (sulfide) groups is 1. The van der Waals surface area contributed by atoms with Gasteiger partial charge in [-0.15, -0.1) is 11.8 Å². The lowest BCUT2D eigenvalue weighted by atomic mass is 10.1. The highest BCUT2D eigenvalue weighted by Gasteiger charge is 2.02. The lowest BCUT2D eigenvalue weighted by Gasteiger charge is -2.03. The Hall–Kier alpha value is -2.80.